The molecule has 18 heavy (non-hydrogen) atoms. The van der Waals surface area contributed by atoms with Crippen molar-refractivity contribution in [2.24, 2.45) is 5.92 Å². The first-order chi connectivity index (χ1) is 8.54. The fourth-order valence-electron chi connectivity index (χ4n) is 1.81. The van der Waals surface area contributed by atoms with E-state index in [-0.39, 0.29) is 16.9 Å². The topological polar surface area (TPSA) is 49.4 Å². The van der Waals surface area contributed by atoms with Gasteiger partial charge in [-0.25, -0.2) is 0 Å². The summed E-state index contributed by atoms with van der Waals surface area (Å²) < 4.78 is 0. The Bertz CT molecular complexity index is 515. The summed E-state index contributed by atoms with van der Waals surface area (Å²) in [6, 6.07) is 6.72. The van der Waals surface area contributed by atoms with Crippen molar-refractivity contribution in [3.8, 4) is 0 Å². The maximum absolute atomic E-state index is 12.2. The molecule has 1 aliphatic rings. The third kappa shape index (κ3) is 2.23. The van der Waals surface area contributed by atoms with E-state index in [1.165, 1.54) is 4.90 Å². The quantitative estimate of drug-likeness (QED) is 0.668. The molecule has 0 saturated carbocycles. The highest BCUT2D eigenvalue weighted by Crippen LogP contribution is 2.23. The zero-order valence-electron chi connectivity index (χ0n) is 9.64. The summed E-state index contributed by atoms with van der Waals surface area (Å²) in [5, 5.41) is 3.22. The Morgan fingerprint density at radius 2 is 1.94 bits per heavy atom. The standard InChI is InChI=1S/C12H11ClN2O2S/c1-2-9-10(16)14-12(18)15(11(9)17)8-5-3-7(13)4-6-8/h3-6,9H,2H2,1H3,(H,14,16,18)/t9-/m1/s1. The van der Waals surface area contributed by atoms with Crippen molar-refractivity contribution >= 4 is 46.4 Å². The zero-order valence-corrected chi connectivity index (χ0v) is 11.2. The molecule has 0 aromatic heterocycles. The fraction of sp³-hybridized carbons (Fsp3) is 0.250. The van der Waals surface area contributed by atoms with Gasteiger partial charge in [-0.15, -0.1) is 0 Å². The molecule has 2 amide bonds. The molecule has 0 unspecified atom stereocenters. The smallest absolute Gasteiger partial charge is 0.245 e. The SMILES string of the molecule is CC[C@@H]1C(=O)NC(=S)N(c2ccc(Cl)cc2)C1=O. The van der Waals surface area contributed by atoms with Crippen molar-refractivity contribution in [3.05, 3.63) is 29.3 Å². The zero-order chi connectivity index (χ0) is 13.3. The van der Waals surface area contributed by atoms with Crippen molar-refractivity contribution in [1.29, 1.82) is 0 Å². The van der Waals surface area contributed by atoms with Gasteiger partial charge in [0.1, 0.15) is 5.92 Å². The van der Waals surface area contributed by atoms with E-state index in [1.807, 2.05) is 0 Å². The summed E-state index contributed by atoms with van der Waals surface area (Å²) in [4.78, 5) is 25.2. The Morgan fingerprint density at radius 3 is 2.50 bits per heavy atom. The van der Waals surface area contributed by atoms with Crippen LogP contribution in [0.4, 0.5) is 5.69 Å². The Kier molecular flexibility index (Phi) is 3.63. The van der Waals surface area contributed by atoms with Crippen LogP contribution >= 0.6 is 23.8 Å². The monoisotopic (exact) mass is 282 g/mol. The highest BCUT2D eigenvalue weighted by Gasteiger charge is 2.37. The van der Waals surface area contributed by atoms with Crippen LogP contribution in [0.15, 0.2) is 24.3 Å². The van der Waals surface area contributed by atoms with Gasteiger partial charge in [0, 0.05) is 5.02 Å². The Balaban J connectivity index is 2.36. The molecule has 1 fully saturated rings. The highest BCUT2D eigenvalue weighted by molar-refractivity contribution is 7.80. The number of thiocarbonyl (C=S) groups is 1. The van der Waals surface area contributed by atoms with E-state index in [0.717, 1.165) is 0 Å². The predicted octanol–water partition coefficient (Wildman–Crippen LogP) is 2.11. The summed E-state index contributed by atoms with van der Waals surface area (Å²) >= 11 is 10.8. The summed E-state index contributed by atoms with van der Waals surface area (Å²) in [6.07, 6.45) is 0.442. The van der Waals surface area contributed by atoms with E-state index in [2.05, 4.69) is 5.32 Å². The molecule has 1 aromatic rings. The molecule has 1 heterocycles. The van der Waals surface area contributed by atoms with Crippen molar-refractivity contribution in [3.63, 3.8) is 0 Å². The molecule has 1 saturated heterocycles. The molecule has 1 aliphatic heterocycles. The second kappa shape index (κ2) is 5.04. The van der Waals surface area contributed by atoms with E-state index >= 15 is 0 Å². The average molecular weight is 283 g/mol. The second-order valence-electron chi connectivity index (χ2n) is 3.91. The van der Waals surface area contributed by atoms with Crippen LogP contribution < -0.4 is 10.2 Å². The van der Waals surface area contributed by atoms with Crippen LogP contribution in [0.3, 0.4) is 0 Å². The van der Waals surface area contributed by atoms with Crippen molar-refractivity contribution in [1.82, 2.24) is 5.32 Å². The lowest BCUT2D eigenvalue weighted by molar-refractivity contribution is -0.133. The molecular weight excluding hydrogens is 272 g/mol. The van der Waals surface area contributed by atoms with Gasteiger partial charge in [-0.1, -0.05) is 18.5 Å². The van der Waals surface area contributed by atoms with Gasteiger partial charge >= 0.3 is 0 Å². The number of benzene rings is 1. The van der Waals surface area contributed by atoms with E-state index in [0.29, 0.717) is 17.1 Å². The first kappa shape index (κ1) is 13.0. The minimum absolute atomic E-state index is 0.108. The molecule has 0 radical (unpaired) electrons. The van der Waals surface area contributed by atoms with E-state index in [9.17, 15) is 9.59 Å². The Hall–Kier alpha value is -1.46. The molecule has 1 N–H and O–H groups in total. The molecule has 94 valence electrons. The second-order valence-corrected chi connectivity index (χ2v) is 4.73. The number of anilines is 1. The number of carbonyl (C=O) groups excluding carboxylic acids is 2. The largest absolute Gasteiger partial charge is 0.302 e. The molecule has 0 spiro atoms. The van der Waals surface area contributed by atoms with Crippen LogP contribution in [0.2, 0.25) is 5.02 Å². The number of amides is 2. The maximum atomic E-state index is 12.2. The third-order valence-corrected chi connectivity index (χ3v) is 3.30. The minimum Gasteiger partial charge on any atom is -0.302 e. The van der Waals surface area contributed by atoms with Gasteiger partial charge in [-0.3, -0.25) is 14.5 Å². The normalized spacial score (nSPS) is 20.0. The van der Waals surface area contributed by atoms with Gasteiger partial charge in [0.2, 0.25) is 11.8 Å². The average Bonchev–Trinajstić information content (AvgIpc) is 2.31. The van der Waals surface area contributed by atoms with E-state index < -0.39 is 5.92 Å². The molecule has 1 aromatic carbocycles. The number of hydrogen-bond acceptors (Lipinski definition) is 3. The number of carbonyl (C=O) groups is 2. The fourth-order valence-corrected chi connectivity index (χ4v) is 2.23. The van der Waals surface area contributed by atoms with Gasteiger partial charge in [0.05, 0.1) is 5.69 Å². The van der Waals surface area contributed by atoms with Crippen molar-refractivity contribution in [2.45, 2.75) is 13.3 Å². The maximum Gasteiger partial charge on any atom is 0.245 e. The number of nitrogens with one attached hydrogen (secondary N) is 1. The predicted molar refractivity (Wildman–Crippen MR) is 73.5 cm³/mol. The van der Waals surface area contributed by atoms with Crippen LogP contribution in [-0.4, -0.2) is 16.9 Å². The van der Waals surface area contributed by atoms with E-state index in [4.69, 9.17) is 23.8 Å². The lowest BCUT2D eigenvalue weighted by Crippen LogP contribution is -2.57. The van der Waals surface area contributed by atoms with Crippen LogP contribution in [0.5, 0.6) is 0 Å². The number of rotatable bonds is 2. The Labute approximate surface area is 115 Å². The summed E-state index contributed by atoms with van der Waals surface area (Å²) in [5.41, 5.74) is 0.604. The summed E-state index contributed by atoms with van der Waals surface area (Å²) in [5.74, 6) is -1.32. The van der Waals surface area contributed by atoms with Gasteiger partial charge in [-0.05, 0) is 42.9 Å². The van der Waals surface area contributed by atoms with Crippen LogP contribution in [0.25, 0.3) is 0 Å². The minimum atomic E-state index is -0.688. The molecular formula is C12H11ClN2O2S. The summed E-state index contributed by atoms with van der Waals surface area (Å²) in [6.45, 7) is 1.79. The molecule has 0 aliphatic carbocycles. The molecule has 0 bridgehead atoms. The van der Waals surface area contributed by atoms with E-state index in [1.54, 1.807) is 31.2 Å². The first-order valence-corrected chi connectivity index (χ1v) is 6.27. The number of nitrogens with zero attached hydrogens (tertiary/aromatic N) is 1. The molecule has 4 nitrogen and oxygen atoms in total. The van der Waals surface area contributed by atoms with Crippen LogP contribution in [0, 0.1) is 5.92 Å². The molecule has 6 heteroatoms. The van der Waals surface area contributed by atoms with Gasteiger partial charge in [-0.2, -0.15) is 0 Å². The lowest BCUT2D eigenvalue weighted by Gasteiger charge is -2.31. The number of hydrogen-bond donors (Lipinski definition) is 1. The van der Waals surface area contributed by atoms with Crippen molar-refractivity contribution < 1.29 is 9.59 Å². The highest BCUT2D eigenvalue weighted by atomic mass is 35.5. The van der Waals surface area contributed by atoms with Crippen molar-refractivity contribution in [2.75, 3.05) is 4.90 Å². The molecule has 1 atom stereocenters. The van der Waals surface area contributed by atoms with Crippen LogP contribution in [0.1, 0.15) is 13.3 Å². The third-order valence-electron chi connectivity index (χ3n) is 2.76. The van der Waals surface area contributed by atoms with Gasteiger partial charge in [0.15, 0.2) is 5.11 Å². The molecule has 2 rings (SSSR count). The van der Waals surface area contributed by atoms with Gasteiger partial charge in [0.25, 0.3) is 0 Å². The lowest BCUT2D eigenvalue weighted by atomic mass is 10.0. The van der Waals surface area contributed by atoms with Crippen LogP contribution in [-0.2, 0) is 9.59 Å². The first-order valence-electron chi connectivity index (χ1n) is 5.49. The Morgan fingerprint density at radius 1 is 1.33 bits per heavy atom. The number of halogens is 1. The van der Waals surface area contributed by atoms with Gasteiger partial charge < -0.3 is 5.32 Å². The summed E-state index contributed by atoms with van der Waals surface area (Å²) in [7, 11) is 0.